The molecular formula is C19H31IN8. The number of anilines is 1. The van der Waals surface area contributed by atoms with E-state index in [0.29, 0.717) is 6.04 Å². The lowest BCUT2D eigenvalue weighted by molar-refractivity contribution is 0.458. The SMILES string of the molecule is CCc1nncn1CCNC(=NC)NC1CCN(c2ccc(C)cn2)CC1.I. The van der Waals surface area contributed by atoms with Crippen LogP contribution in [0.15, 0.2) is 29.6 Å². The third-order valence-corrected chi connectivity index (χ3v) is 4.94. The molecule has 0 aliphatic carbocycles. The molecular weight excluding hydrogens is 467 g/mol. The van der Waals surface area contributed by atoms with Crippen molar-refractivity contribution in [3.05, 3.63) is 36.0 Å². The Morgan fingerprint density at radius 2 is 2.07 bits per heavy atom. The lowest BCUT2D eigenvalue weighted by atomic mass is 10.1. The quantitative estimate of drug-likeness (QED) is 0.360. The van der Waals surface area contributed by atoms with Gasteiger partial charge in [0.25, 0.3) is 0 Å². The minimum atomic E-state index is 0. The molecule has 1 fully saturated rings. The first-order valence-corrected chi connectivity index (χ1v) is 9.71. The largest absolute Gasteiger partial charge is 0.356 e. The second kappa shape index (κ2) is 11.2. The van der Waals surface area contributed by atoms with Gasteiger partial charge in [-0.25, -0.2) is 4.98 Å². The van der Waals surface area contributed by atoms with Crippen LogP contribution in [0.1, 0.15) is 31.2 Å². The van der Waals surface area contributed by atoms with Crippen molar-refractivity contribution in [2.45, 2.75) is 45.7 Å². The molecule has 1 aliphatic heterocycles. The average molecular weight is 498 g/mol. The van der Waals surface area contributed by atoms with Crippen molar-refractivity contribution < 1.29 is 0 Å². The predicted molar refractivity (Wildman–Crippen MR) is 124 cm³/mol. The van der Waals surface area contributed by atoms with Gasteiger partial charge >= 0.3 is 0 Å². The predicted octanol–water partition coefficient (Wildman–Crippen LogP) is 2.00. The lowest BCUT2D eigenvalue weighted by Crippen LogP contribution is -2.49. The molecule has 0 atom stereocenters. The van der Waals surface area contributed by atoms with Crippen LogP contribution in [-0.2, 0) is 13.0 Å². The van der Waals surface area contributed by atoms with Crippen LogP contribution in [0.4, 0.5) is 5.82 Å². The Hall–Kier alpha value is -1.91. The highest BCUT2D eigenvalue weighted by atomic mass is 127. The highest BCUT2D eigenvalue weighted by Gasteiger charge is 2.20. The normalized spacial score (nSPS) is 15.2. The molecule has 0 saturated carbocycles. The van der Waals surface area contributed by atoms with Gasteiger partial charge in [-0.1, -0.05) is 13.0 Å². The maximum Gasteiger partial charge on any atom is 0.191 e. The van der Waals surface area contributed by atoms with E-state index in [1.807, 2.05) is 13.2 Å². The van der Waals surface area contributed by atoms with Gasteiger partial charge in [-0.3, -0.25) is 4.99 Å². The van der Waals surface area contributed by atoms with Gasteiger partial charge in [0.05, 0.1) is 0 Å². The molecule has 8 nitrogen and oxygen atoms in total. The second-order valence-electron chi connectivity index (χ2n) is 6.89. The first kappa shape index (κ1) is 22.4. The van der Waals surface area contributed by atoms with Crippen LogP contribution in [0.25, 0.3) is 0 Å². The Labute approximate surface area is 184 Å². The smallest absolute Gasteiger partial charge is 0.191 e. The Morgan fingerprint density at radius 3 is 2.71 bits per heavy atom. The van der Waals surface area contributed by atoms with Crippen molar-refractivity contribution in [3.8, 4) is 0 Å². The zero-order chi connectivity index (χ0) is 19.1. The van der Waals surface area contributed by atoms with E-state index >= 15 is 0 Å². The molecule has 0 amide bonds. The summed E-state index contributed by atoms with van der Waals surface area (Å²) in [6.45, 7) is 7.78. The summed E-state index contributed by atoms with van der Waals surface area (Å²) in [5.41, 5.74) is 1.20. The summed E-state index contributed by atoms with van der Waals surface area (Å²) < 4.78 is 2.08. The molecule has 0 spiro atoms. The number of aliphatic imine (C=N–C) groups is 1. The van der Waals surface area contributed by atoms with Crippen LogP contribution in [-0.4, -0.2) is 58.4 Å². The van der Waals surface area contributed by atoms with E-state index in [9.17, 15) is 0 Å². The maximum absolute atomic E-state index is 4.54. The number of halogens is 1. The topological polar surface area (TPSA) is 83.3 Å². The van der Waals surface area contributed by atoms with E-state index in [-0.39, 0.29) is 24.0 Å². The van der Waals surface area contributed by atoms with Gasteiger partial charge < -0.3 is 20.1 Å². The number of guanidine groups is 1. The van der Waals surface area contributed by atoms with Gasteiger partial charge in [-0.15, -0.1) is 34.2 Å². The molecule has 0 bridgehead atoms. The molecule has 3 rings (SSSR count). The van der Waals surface area contributed by atoms with E-state index in [2.05, 4.69) is 66.3 Å². The first-order chi connectivity index (χ1) is 13.2. The molecule has 2 N–H and O–H groups in total. The molecule has 1 saturated heterocycles. The number of hydrogen-bond donors (Lipinski definition) is 2. The standard InChI is InChI=1S/C19H30N8.HI/c1-4-17-25-23-14-27(17)12-9-21-19(20-3)24-16-7-10-26(11-8-16)18-6-5-15(2)13-22-18;/h5-6,13-14,16H,4,7-12H2,1-3H3,(H2,20,21,24);1H. The summed E-state index contributed by atoms with van der Waals surface area (Å²) in [7, 11) is 1.82. The number of hydrogen-bond acceptors (Lipinski definition) is 5. The van der Waals surface area contributed by atoms with Crippen LogP contribution in [0.2, 0.25) is 0 Å². The molecule has 9 heteroatoms. The number of pyridine rings is 1. The molecule has 2 aromatic rings. The van der Waals surface area contributed by atoms with Gasteiger partial charge in [0.15, 0.2) is 5.96 Å². The number of nitrogens with zero attached hydrogens (tertiary/aromatic N) is 6. The van der Waals surface area contributed by atoms with Gasteiger partial charge in [-0.2, -0.15) is 0 Å². The Kier molecular flexibility index (Phi) is 8.94. The zero-order valence-electron chi connectivity index (χ0n) is 16.9. The lowest BCUT2D eigenvalue weighted by Gasteiger charge is -2.33. The Morgan fingerprint density at radius 1 is 1.29 bits per heavy atom. The molecule has 154 valence electrons. The van der Waals surface area contributed by atoms with Crippen molar-refractivity contribution in [2.75, 3.05) is 31.6 Å². The molecule has 0 radical (unpaired) electrons. The van der Waals surface area contributed by atoms with E-state index in [4.69, 9.17) is 0 Å². The fourth-order valence-corrected chi connectivity index (χ4v) is 3.32. The third kappa shape index (κ3) is 6.05. The minimum absolute atomic E-state index is 0. The highest BCUT2D eigenvalue weighted by molar-refractivity contribution is 14.0. The van der Waals surface area contributed by atoms with Gasteiger partial charge in [-0.05, 0) is 31.4 Å². The molecule has 3 heterocycles. The minimum Gasteiger partial charge on any atom is -0.356 e. The van der Waals surface area contributed by atoms with Crippen molar-refractivity contribution in [2.24, 2.45) is 4.99 Å². The summed E-state index contributed by atoms with van der Waals surface area (Å²) in [4.78, 5) is 11.3. The first-order valence-electron chi connectivity index (χ1n) is 9.71. The fraction of sp³-hybridized carbons (Fsp3) is 0.579. The van der Waals surface area contributed by atoms with E-state index < -0.39 is 0 Å². The van der Waals surface area contributed by atoms with Crippen LogP contribution >= 0.6 is 24.0 Å². The number of piperidine rings is 1. The van der Waals surface area contributed by atoms with Crippen LogP contribution in [0, 0.1) is 6.92 Å². The number of rotatable bonds is 6. The summed E-state index contributed by atoms with van der Waals surface area (Å²) in [5.74, 6) is 2.94. The van der Waals surface area contributed by atoms with E-state index in [0.717, 1.165) is 63.0 Å². The highest BCUT2D eigenvalue weighted by Crippen LogP contribution is 2.17. The zero-order valence-corrected chi connectivity index (χ0v) is 19.3. The van der Waals surface area contributed by atoms with Gasteiger partial charge in [0, 0.05) is 51.9 Å². The van der Waals surface area contributed by atoms with Crippen molar-refractivity contribution in [1.29, 1.82) is 0 Å². The Balaban J connectivity index is 0.00000280. The summed E-state index contributed by atoms with van der Waals surface area (Å²) in [5, 5.41) is 15.0. The molecule has 2 aromatic heterocycles. The van der Waals surface area contributed by atoms with E-state index in [1.165, 1.54) is 5.56 Å². The van der Waals surface area contributed by atoms with Crippen molar-refractivity contribution in [3.63, 3.8) is 0 Å². The van der Waals surface area contributed by atoms with Crippen LogP contribution < -0.4 is 15.5 Å². The average Bonchev–Trinajstić information content (AvgIpc) is 3.16. The van der Waals surface area contributed by atoms with Crippen molar-refractivity contribution >= 4 is 35.8 Å². The van der Waals surface area contributed by atoms with Crippen LogP contribution in [0.5, 0.6) is 0 Å². The maximum atomic E-state index is 4.54. The van der Waals surface area contributed by atoms with E-state index in [1.54, 1.807) is 6.33 Å². The molecule has 0 unspecified atom stereocenters. The van der Waals surface area contributed by atoms with Gasteiger partial charge in [0.1, 0.15) is 18.0 Å². The monoisotopic (exact) mass is 498 g/mol. The molecule has 1 aliphatic rings. The third-order valence-electron chi connectivity index (χ3n) is 4.94. The van der Waals surface area contributed by atoms with Crippen molar-refractivity contribution in [1.82, 2.24) is 30.4 Å². The summed E-state index contributed by atoms with van der Waals surface area (Å²) >= 11 is 0. The van der Waals surface area contributed by atoms with Crippen LogP contribution in [0.3, 0.4) is 0 Å². The van der Waals surface area contributed by atoms with Gasteiger partial charge in [0.2, 0.25) is 0 Å². The fourth-order valence-electron chi connectivity index (χ4n) is 3.32. The number of aryl methyl sites for hydroxylation is 2. The number of aromatic nitrogens is 4. The second-order valence-corrected chi connectivity index (χ2v) is 6.89. The number of nitrogens with one attached hydrogen (secondary N) is 2. The Bertz CT molecular complexity index is 735. The molecule has 28 heavy (non-hydrogen) atoms. The summed E-state index contributed by atoms with van der Waals surface area (Å²) in [6, 6.07) is 4.66. The summed E-state index contributed by atoms with van der Waals surface area (Å²) in [6.07, 6.45) is 6.75. The molecule has 0 aromatic carbocycles.